The van der Waals surface area contributed by atoms with Crippen molar-refractivity contribution in [1.82, 2.24) is 0 Å². The Balaban J connectivity index is 1.85. The molecule has 0 aliphatic carbocycles. The number of methoxy groups -OCH3 is 2. The van der Waals surface area contributed by atoms with Gasteiger partial charge in [0.25, 0.3) is 0 Å². The van der Waals surface area contributed by atoms with Crippen molar-refractivity contribution in [1.29, 1.82) is 0 Å². The summed E-state index contributed by atoms with van der Waals surface area (Å²) >= 11 is 0. The second-order valence-electron chi connectivity index (χ2n) is 11.4. The minimum atomic E-state index is -1.10. The summed E-state index contributed by atoms with van der Waals surface area (Å²) in [5, 5.41) is 14.8. The molecular weight excluding hydrogens is 540 g/mol. The molecule has 0 aliphatic heterocycles. The van der Waals surface area contributed by atoms with Crippen molar-refractivity contribution in [2.24, 2.45) is 5.92 Å². The maximum absolute atomic E-state index is 11.6. The fourth-order valence-electron chi connectivity index (χ4n) is 5.25. The molecule has 0 saturated carbocycles. The Morgan fingerprint density at radius 2 is 1.40 bits per heavy atom. The van der Waals surface area contributed by atoms with E-state index in [2.05, 4.69) is 11.8 Å². The molecule has 0 bridgehead atoms. The number of ether oxygens (including phenoxy) is 5. The molecule has 0 amide bonds. The molecule has 4 aromatic rings. The Morgan fingerprint density at radius 3 is 2.02 bits per heavy atom. The number of fused-ring (bicyclic) bond motifs is 2. The van der Waals surface area contributed by atoms with Gasteiger partial charge < -0.3 is 28.8 Å². The molecule has 1 unspecified atom stereocenters. The molecule has 6 nitrogen and oxygen atoms in total. The lowest BCUT2D eigenvalue weighted by atomic mass is 9.92. The molecule has 0 heterocycles. The molecule has 0 saturated heterocycles. The van der Waals surface area contributed by atoms with E-state index in [0.29, 0.717) is 40.6 Å². The molecule has 1 N–H and O–H groups in total. The molecule has 228 valence electrons. The molecule has 4 aromatic carbocycles. The van der Waals surface area contributed by atoms with E-state index in [1.54, 1.807) is 14.2 Å². The summed E-state index contributed by atoms with van der Waals surface area (Å²) in [4.78, 5) is 0. The van der Waals surface area contributed by atoms with Crippen LogP contribution in [-0.4, -0.2) is 37.6 Å². The third kappa shape index (κ3) is 7.01. The van der Waals surface area contributed by atoms with Crippen molar-refractivity contribution in [3.63, 3.8) is 0 Å². The van der Waals surface area contributed by atoms with Crippen molar-refractivity contribution in [2.75, 3.05) is 14.2 Å². The highest BCUT2D eigenvalue weighted by molar-refractivity contribution is 6.15. The molecule has 3 atom stereocenters. The van der Waals surface area contributed by atoms with E-state index in [1.165, 1.54) is 0 Å². The van der Waals surface area contributed by atoms with Crippen LogP contribution in [0.3, 0.4) is 0 Å². The lowest BCUT2D eigenvalue weighted by molar-refractivity contribution is 0.0329. The second-order valence-corrected chi connectivity index (χ2v) is 11.4. The van der Waals surface area contributed by atoms with Crippen LogP contribution >= 0.6 is 0 Å². The fourth-order valence-corrected chi connectivity index (χ4v) is 5.25. The number of hydrogen-bond donors (Lipinski definition) is 1. The van der Waals surface area contributed by atoms with Crippen molar-refractivity contribution in [2.45, 2.75) is 79.5 Å². The lowest BCUT2D eigenvalue weighted by Crippen LogP contribution is -2.17. The highest BCUT2D eigenvalue weighted by Crippen LogP contribution is 2.52. The van der Waals surface area contributed by atoms with Gasteiger partial charge in [-0.2, -0.15) is 0 Å². The van der Waals surface area contributed by atoms with Gasteiger partial charge >= 0.3 is 0 Å². The van der Waals surface area contributed by atoms with E-state index in [0.717, 1.165) is 27.3 Å². The quantitative estimate of drug-likeness (QED) is 0.142. The first kappa shape index (κ1) is 32.0. The Bertz CT molecular complexity index is 1610. The number of aliphatic hydroxyl groups excluding tert-OH is 1. The summed E-state index contributed by atoms with van der Waals surface area (Å²) in [5.74, 6) is 8.68. The van der Waals surface area contributed by atoms with Gasteiger partial charge in [0.15, 0.2) is 0 Å². The maximum atomic E-state index is 11.6. The predicted octanol–water partition coefficient (Wildman–Crippen LogP) is 8.17. The van der Waals surface area contributed by atoms with Crippen LogP contribution < -0.4 is 18.9 Å². The van der Waals surface area contributed by atoms with Crippen LogP contribution in [0.2, 0.25) is 0 Å². The van der Waals surface area contributed by atoms with Crippen LogP contribution in [0.25, 0.3) is 21.5 Å². The molecule has 43 heavy (non-hydrogen) atoms. The largest absolute Gasteiger partial charge is 0.495 e. The van der Waals surface area contributed by atoms with E-state index in [9.17, 15) is 5.11 Å². The van der Waals surface area contributed by atoms with Crippen LogP contribution in [0.15, 0.2) is 54.6 Å². The van der Waals surface area contributed by atoms with Crippen molar-refractivity contribution >= 4 is 21.5 Å². The zero-order valence-electron chi connectivity index (χ0n) is 26.8. The average Bonchev–Trinajstić information content (AvgIpc) is 2.97. The van der Waals surface area contributed by atoms with Crippen LogP contribution in [0.1, 0.15) is 64.3 Å². The van der Waals surface area contributed by atoms with Gasteiger partial charge in [-0.15, -0.1) is 0 Å². The van der Waals surface area contributed by atoms with E-state index < -0.39 is 6.10 Å². The van der Waals surface area contributed by atoms with Crippen LogP contribution in [0.5, 0.6) is 23.0 Å². The topological polar surface area (TPSA) is 66.4 Å². The van der Waals surface area contributed by atoms with Gasteiger partial charge in [0.1, 0.15) is 29.1 Å². The van der Waals surface area contributed by atoms with Crippen LogP contribution in [0, 0.1) is 24.7 Å². The second kappa shape index (κ2) is 14.0. The molecule has 0 spiro atoms. The summed E-state index contributed by atoms with van der Waals surface area (Å²) in [5.41, 5.74) is 2.54. The molecule has 6 heteroatoms. The third-order valence-corrected chi connectivity index (χ3v) is 7.40. The van der Waals surface area contributed by atoms with Crippen LogP contribution in [0.4, 0.5) is 0 Å². The van der Waals surface area contributed by atoms with E-state index in [-0.39, 0.29) is 24.2 Å². The summed E-state index contributed by atoms with van der Waals surface area (Å²) in [6, 6.07) is 17.9. The SMILES string of the molecule is COc1c2cccc(OC(C)C)c2c(OC)c2c(OC(C)C)c(C(O)C#C[C@@H](C)[C@@H](C)OCc3ccccc3)c(C)cc12. The Kier molecular flexibility index (Phi) is 10.4. The van der Waals surface area contributed by atoms with Gasteiger partial charge in [-0.1, -0.05) is 54.3 Å². The highest BCUT2D eigenvalue weighted by atomic mass is 16.5. The monoisotopic (exact) mass is 584 g/mol. The minimum absolute atomic E-state index is 0.0462. The van der Waals surface area contributed by atoms with E-state index >= 15 is 0 Å². The van der Waals surface area contributed by atoms with Crippen molar-refractivity contribution < 1.29 is 28.8 Å². The zero-order valence-corrected chi connectivity index (χ0v) is 26.8. The number of benzene rings is 4. The third-order valence-electron chi connectivity index (χ3n) is 7.40. The lowest BCUT2D eigenvalue weighted by Gasteiger charge is -2.25. The van der Waals surface area contributed by atoms with Gasteiger partial charge in [0.05, 0.1) is 49.9 Å². The Labute approximate surface area is 255 Å². The molecule has 0 aromatic heterocycles. The fraction of sp³-hybridized carbons (Fsp3) is 0.405. The summed E-state index contributed by atoms with van der Waals surface area (Å²) in [6.45, 7) is 14.4. The van der Waals surface area contributed by atoms with Gasteiger partial charge in [-0.05, 0) is 71.7 Å². The molecular formula is C37H44O6. The highest BCUT2D eigenvalue weighted by Gasteiger charge is 2.27. The zero-order chi connectivity index (χ0) is 31.3. The normalized spacial score (nSPS) is 13.5. The maximum Gasteiger partial charge on any atom is 0.144 e. The minimum Gasteiger partial charge on any atom is -0.495 e. The van der Waals surface area contributed by atoms with Crippen LogP contribution in [-0.2, 0) is 11.3 Å². The number of hydrogen-bond acceptors (Lipinski definition) is 6. The Morgan fingerprint density at radius 1 is 0.721 bits per heavy atom. The van der Waals surface area contributed by atoms with Gasteiger partial charge in [0.2, 0.25) is 0 Å². The first-order valence-corrected chi connectivity index (χ1v) is 14.9. The summed E-state index contributed by atoms with van der Waals surface area (Å²) in [6.07, 6.45) is -1.45. The van der Waals surface area contributed by atoms with Gasteiger partial charge in [-0.3, -0.25) is 0 Å². The van der Waals surface area contributed by atoms with Gasteiger partial charge in [0, 0.05) is 22.3 Å². The first-order valence-electron chi connectivity index (χ1n) is 14.9. The standard InChI is InChI=1S/C37H44O6/c1-22(2)42-31-17-13-16-28-33(31)36(40-9)34-29(35(28)39-8)20-25(6)32(37(34)43-23(3)4)30(38)19-18-24(5)26(7)41-21-27-14-11-10-12-15-27/h10-17,20,22-24,26,30,38H,21H2,1-9H3/t24-,26-,30?/m1/s1. The van der Waals surface area contributed by atoms with Crippen molar-refractivity contribution in [3.8, 4) is 34.8 Å². The molecule has 0 aliphatic rings. The summed E-state index contributed by atoms with van der Waals surface area (Å²) < 4.78 is 30.9. The smallest absolute Gasteiger partial charge is 0.144 e. The number of aliphatic hydroxyl groups is 1. The first-order chi connectivity index (χ1) is 20.6. The van der Waals surface area contributed by atoms with E-state index in [1.807, 2.05) is 103 Å². The molecule has 0 fully saturated rings. The Hall–Kier alpha value is -3.92. The van der Waals surface area contributed by atoms with Gasteiger partial charge in [-0.25, -0.2) is 0 Å². The van der Waals surface area contributed by atoms with E-state index in [4.69, 9.17) is 23.7 Å². The molecule has 0 radical (unpaired) electrons. The average molecular weight is 585 g/mol. The summed E-state index contributed by atoms with van der Waals surface area (Å²) in [7, 11) is 3.30. The molecule has 4 rings (SSSR count). The number of rotatable bonds is 11. The predicted molar refractivity (Wildman–Crippen MR) is 173 cm³/mol. The number of aryl methyl sites for hydroxylation is 1. The van der Waals surface area contributed by atoms with Crippen molar-refractivity contribution in [3.05, 3.63) is 71.3 Å².